The average Bonchev–Trinajstić information content (AvgIpc) is 2.99. The number of carbonyl (C=O) groups is 1. The summed E-state index contributed by atoms with van der Waals surface area (Å²) in [6, 6.07) is 1.80. The summed E-state index contributed by atoms with van der Waals surface area (Å²) in [7, 11) is 0. The predicted octanol–water partition coefficient (Wildman–Crippen LogP) is 1.54. The molecule has 23 heavy (non-hydrogen) atoms. The van der Waals surface area contributed by atoms with Crippen molar-refractivity contribution < 1.29 is 9.53 Å². The van der Waals surface area contributed by atoms with Gasteiger partial charge in [-0.2, -0.15) is 5.10 Å². The number of ether oxygens (including phenoxy) is 1. The first-order chi connectivity index (χ1) is 11.2. The fourth-order valence-electron chi connectivity index (χ4n) is 2.47. The first-order valence-corrected chi connectivity index (χ1v) is 7.93. The fraction of sp³-hybridized carbons (Fsp3) is 0.467. The molecule has 0 bridgehead atoms. The van der Waals surface area contributed by atoms with E-state index in [-0.39, 0.29) is 18.4 Å². The zero-order valence-corrected chi connectivity index (χ0v) is 13.4. The molecule has 2 aromatic heterocycles. The molecule has 3 heterocycles. The van der Waals surface area contributed by atoms with Gasteiger partial charge in [-0.3, -0.25) is 9.48 Å². The molecule has 122 valence electrons. The van der Waals surface area contributed by atoms with E-state index in [2.05, 4.69) is 20.4 Å². The second kappa shape index (κ2) is 7.52. The van der Waals surface area contributed by atoms with E-state index in [1.807, 2.05) is 0 Å². The van der Waals surface area contributed by atoms with Crippen molar-refractivity contribution in [2.24, 2.45) is 0 Å². The van der Waals surface area contributed by atoms with Gasteiger partial charge in [0, 0.05) is 24.9 Å². The summed E-state index contributed by atoms with van der Waals surface area (Å²) < 4.78 is 6.96. The largest absolute Gasteiger partial charge is 0.381 e. The minimum absolute atomic E-state index is 0.126. The maximum Gasteiger partial charge on any atom is 0.242 e. The van der Waals surface area contributed by atoms with Crippen molar-refractivity contribution in [3.63, 3.8) is 0 Å². The molecule has 0 saturated carbocycles. The Balaban J connectivity index is 1.54. The topological polar surface area (TPSA) is 81.9 Å². The van der Waals surface area contributed by atoms with Crippen molar-refractivity contribution >= 4 is 17.5 Å². The van der Waals surface area contributed by atoms with Gasteiger partial charge in [0.25, 0.3) is 0 Å². The minimum atomic E-state index is -0.147. The van der Waals surface area contributed by atoms with Crippen molar-refractivity contribution in [2.45, 2.75) is 31.8 Å². The van der Waals surface area contributed by atoms with Crippen LogP contribution in [0.15, 0.2) is 24.7 Å². The number of hydrogen-bond donors (Lipinski definition) is 1. The van der Waals surface area contributed by atoms with E-state index >= 15 is 0 Å². The zero-order valence-electron chi connectivity index (χ0n) is 12.6. The van der Waals surface area contributed by atoms with Gasteiger partial charge in [0.05, 0.1) is 30.1 Å². The van der Waals surface area contributed by atoms with E-state index in [1.165, 1.54) is 10.9 Å². The summed E-state index contributed by atoms with van der Waals surface area (Å²) in [5, 5.41) is 7.30. The Morgan fingerprint density at radius 3 is 3.17 bits per heavy atom. The quantitative estimate of drug-likeness (QED) is 0.896. The molecule has 3 rings (SSSR count). The summed E-state index contributed by atoms with van der Waals surface area (Å²) in [5.41, 5.74) is 0.785. The van der Waals surface area contributed by atoms with Gasteiger partial charge in [-0.15, -0.1) is 0 Å². The van der Waals surface area contributed by atoms with Crippen LogP contribution in [-0.2, 0) is 22.6 Å². The number of aromatic nitrogens is 4. The monoisotopic (exact) mass is 335 g/mol. The van der Waals surface area contributed by atoms with E-state index in [4.69, 9.17) is 16.3 Å². The van der Waals surface area contributed by atoms with Crippen LogP contribution in [0, 0.1) is 0 Å². The van der Waals surface area contributed by atoms with E-state index in [0.717, 1.165) is 31.0 Å². The molecule has 1 aliphatic rings. The molecule has 0 unspecified atom stereocenters. The van der Waals surface area contributed by atoms with Crippen LogP contribution < -0.4 is 5.32 Å². The molecule has 1 atom stereocenters. The van der Waals surface area contributed by atoms with Crippen LogP contribution >= 0.6 is 11.6 Å². The third-order valence-corrected chi connectivity index (χ3v) is 3.83. The zero-order chi connectivity index (χ0) is 16.1. The maximum absolute atomic E-state index is 11.9. The van der Waals surface area contributed by atoms with Crippen LogP contribution in [-0.4, -0.2) is 38.9 Å². The summed E-state index contributed by atoms with van der Waals surface area (Å²) in [6.07, 6.45) is 6.90. The van der Waals surface area contributed by atoms with E-state index in [9.17, 15) is 4.79 Å². The van der Waals surface area contributed by atoms with E-state index in [0.29, 0.717) is 18.2 Å². The SMILES string of the molecule is O=C(Cn1cc(Cl)cn1)NCc1ccnc([C@@H]2CCCOC2)n1. The molecule has 1 fully saturated rings. The smallest absolute Gasteiger partial charge is 0.242 e. The Labute approximate surface area is 139 Å². The van der Waals surface area contributed by atoms with Gasteiger partial charge in [0.2, 0.25) is 5.91 Å². The Bertz CT molecular complexity index is 669. The second-order valence-corrected chi connectivity index (χ2v) is 5.89. The van der Waals surface area contributed by atoms with Crippen LogP contribution in [0.1, 0.15) is 30.3 Å². The molecule has 8 heteroatoms. The highest BCUT2D eigenvalue weighted by molar-refractivity contribution is 6.30. The number of amides is 1. The highest BCUT2D eigenvalue weighted by Crippen LogP contribution is 2.22. The molecular formula is C15H18ClN5O2. The lowest BCUT2D eigenvalue weighted by Crippen LogP contribution is -2.28. The molecular weight excluding hydrogens is 318 g/mol. The van der Waals surface area contributed by atoms with Gasteiger partial charge < -0.3 is 10.1 Å². The number of rotatable bonds is 5. The predicted molar refractivity (Wildman–Crippen MR) is 83.9 cm³/mol. The highest BCUT2D eigenvalue weighted by atomic mass is 35.5. The molecule has 0 aromatic carbocycles. The summed E-state index contributed by atoms with van der Waals surface area (Å²) >= 11 is 5.77. The molecule has 0 spiro atoms. The third kappa shape index (κ3) is 4.49. The first-order valence-electron chi connectivity index (χ1n) is 7.55. The lowest BCUT2D eigenvalue weighted by atomic mass is 10.0. The fourth-order valence-corrected chi connectivity index (χ4v) is 2.63. The maximum atomic E-state index is 11.9. The van der Waals surface area contributed by atoms with Crippen molar-refractivity contribution in [1.29, 1.82) is 0 Å². The molecule has 1 N–H and O–H groups in total. The van der Waals surface area contributed by atoms with Crippen LogP contribution in [0.3, 0.4) is 0 Å². The lowest BCUT2D eigenvalue weighted by molar-refractivity contribution is -0.122. The van der Waals surface area contributed by atoms with Gasteiger partial charge >= 0.3 is 0 Å². The third-order valence-electron chi connectivity index (χ3n) is 3.63. The van der Waals surface area contributed by atoms with Crippen molar-refractivity contribution in [3.8, 4) is 0 Å². The van der Waals surface area contributed by atoms with Crippen LogP contribution in [0.5, 0.6) is 0 Å². The van der Waals surface area contributed by atoms with Gasteiger partial charge in [-0.1, -0.05) is 11.6 Å². The number of nitrogens with zero attached hydrogens (tertiary/aromatic N) is 4. The number of halogens is 1. The molecule has 1 aliphatic heterocycles. The van der Waals surface area contributed by atoms with E-state index in [1.54, 1.807) is 18.5 Å². The minimum Gasteiger partial charge on any atom is -0.381 e. The summed E-state index contributed by atoms with van der Waals surface area (Å²) in [4.78, 5) is 20.8. The summed E-state index contributed by atoms with van der Waals surface area (Å²) in [6.45, 7) is 1.96. The normalized spacial score (nSPS) is 17.9. The van der Waals surface area contributed by atoms with Gasteiger partial charge in [-0.25, -0.2) is 9.97 Å². The number of carbonyl (C=O) groups excluding carboxylic acids is 1. The molecule has 0 aliphatic carbocycles. The van der Waals surface area contributed by atoms with E-state index < -0.39 is 0 Å². The number of hydrogen-bond acceptors (Lipinski definition) is 5. The van der Waals surface area contributed by atoms with Crippen LogP contribution in [0.4, 0.5) is 0 Å². The van der Waals surface area contributed by atoms with Crippen molar-refractivity contribution in [3.05, 3.63) is 41.2 Å². The van der Waals surface area contributed by atoms with Crippen molar-refractivity contribution in [2.75, 3.05) is 13.2 Å². The standard InChI is InChI=1S/C15H18ClN5O2/c16-12-6-19-21(8-12)9-14(22)18-7-13-3-4-17-15(20-13)11-2-1-5-23-10-11/h3-4,6,8,11H,1-2,5,7,9-10H2,(H,18,22)/t11-/m1/s1. The lowest BCUT2D eigenvalue weighted by Gasteiger charge is -2.20. The Hall–Kier alpha value is -1.99. The van der Waals surface area contributed by atoms with Gasteiger partial charge in [-0.05, 0) is 18.9 Å². The first kappa shape index (κ1) is 15.9. The number of nitrogens with one attached hydrogen (secondary N) is 1. The molecule has 1 amide bonds. The second-order valence-electron chi connectivity index (χ2n) is 5.45. The Morgan fingerprint density at radius 2 is 2.43 bits per heavy atom. The average molecular weight is 336 g/mol. The van der Waals surface area contributed by atoms with Gasteiger partial charge in [0.15, 0.2) is 0 Å². The van der Waals surface area contributed by atoms with Gasteiger partial charge in [0.1, 0.15) is 12.4 Å². The highest BCUT2D eigenvalue weighted by Gasteiger charge is 2.18. The molecule has 1 saturated heterocycles. The Kier molecular flexibility index (Phi) is 5.19. The Morgan fingerprint density at radius 1 is 1.52 bits per heavy atom. The molecule has 0 radical (unpaired) electrons. The summed E-state index contributed by atoms with van der Waals surface area (Å²) in [5.74, 6) is 0.881. The van der Waals surface area contributed by atoms with Crippen LogP contribution in [0.2, 0.25) is 5.02 Å². The van der Waals surface area contributed by atoms with Crippen molar-refractivity contribution in [1.82, 2.24) is 25.1 Å². The molecule has 7 nitrogen and oxygen atoms in total. The molecule has 2 aromatic rings. The van der Waals surface area contributed by atoms with Crippen LogP contribution in [0.25, 0.3) is 0 Å².